The number of nitrogens with one attached hydrogen (secondary N) is 1. The fourth-order valence-electron chi connectivity index (χ4n) is 2.15. The second-order valence-electron chi connectivity index (χ2n) is 5.72. The SMILES string of the molecule is Cc1ccc(OC[C@H](C)NC(=O)CCc2ccc(Cl)cc2)cc1. The number of aryl methyl sites for hydroxylation is 2. The standard InChI is InChI=1S/C19H22ClNO2/c1-14-3-10-18(11-4-14)23-13-15(2)21-19(22)12-7-16-5-8-17(20)9-6-16/h3-6,8-11,15H,7,12-13H2,1-2H3,(H,21,22)/t15-/m0/s1. The molecule has 0 radical (unpaired) electrons. The number of carbonyl (C=O) groups is 1. The van der Waals surface area contributed by atoms with E-state index in [9.17, 15) is 4.79 Å². The smallest absolute Gasteiger partial charge is 0.220 e. The first-order valence-electron chi connectivity index (χ1n) is 7.76. The Morgan fingerprint density at radius 3 is 2.43 bits per heavy atom. The van der Waals surface area contributed by atoms with Crippen LogP contribution in [0.15, 0.2) is 48.5 Å². The van der Waals surface area contributed by atoms with Gasteiger partial charge in [-0.25, -0.2) is 0 Å². The van der Waals surface area contributed by atoms with Crippen LogP contribution in [0.1, 0.15) is 24.5 Å². The summed E-state index contributed by atoms with van der Waals surface area (Å²) in [6.07, 6.45) is 1.16. The molecule has 23 heavy (non-hydrogen) atoms. The number of amides is 1. The van der Waals surface area contributed by atoms with Crippen molar-refractivity contribution in [2.75, 3.05) is 6.61 Å². The Morgan fingerprint density at radius 2 is 1.78 bits per heavy atom. The second kappa shape index (κ2) is 8.59. The van der Waals surface area contributed by atoms with Crippen molar-refractivity contribution >= 4 is 17.5 Å². The third kappa shape index (κ3) is 6.33. The summed E-state index contributed by atoms with van der Waals surface area (Å²) in [4.78, 5) is 12.0. The number of ether oxygens (including phenoxy) is 1. The van der Waals surface area contributed by atoms with Gasteiger partial charge in [0.2, 0.25) is 5.91 Å². The van der Waals surface area contributed by atoms with Gasteiger partial charge in [-0.2, -0.15) is 0 Å². The predicted molar refractivity (Wildman–Crippen MR) is 94.1 cm³/mol. The summed E-state index contributed by atoms with van der Waals surface area (Å²) < 4.78 is 5.67. The van der Waals surface area contributed by atoms with Crippen LogP contribution in [0.5, 0.6) is 5.75 Å². The molecule has 1 amide bonds. The van der Waals surface area contributed by atoms with Crippen LogP contribution in [0.3, 0.4) is 0 Å². The van der Waals surface area contributed by atoms with E-state index in [0.717, 1.165) is 11.3 Å². The van der Waals surface area contributed by atoms with E-state index in [2.05, 4.69) is 5.32 Å². The van der Waals surface area contributed by atoms with Crippen LogP contribution < -0.4 is 10.1 Å². The van der Waals surface area contributed by atoms with E-state index in [1.807, 2.05) is 62.4 Å². The third-order valence-corrected chi connectivity index (χ3v) is 3.73. The molecule has 0 aromatic heterocycles. The largest absolute Gasteiger partial charge is 0.491 e. The first-order chi connectivity index (χ1) is 11.0. The Hall–Kier alpha value is -2.00. The number of benzene rings is 2. The molecular weight excluding hydrogens is 310 g/mol. The van der Waals surface area contributed by atoms with E-state index >= 15 is 0 Å². The first-order valence-corrected chi connectivity index (χ1v) is 8.14. The minimum Gasteiger partial charge on any atom is -0.491 e. The molecule has 1 N–H and O–H groups in total. The lowest BCUT2D eigenvalue weighted by molar-refractivity contribution is -0.121. The number of carbonyl (C=O) groups excluding carboxylic acids is 1. The summed E-state index contributed by atoms with van der Waals surface area (Å²) in [6.45, 7) is 4.43. The molecule has 0 unspecified atom stereocenters. The van der Waals surface area contributed by atoms with Gasteiger partial charge in [0.1, 0.15) is 12.4 Å². The molecule has 0 saturated carbocycles. The van der Waals surface area contributed by atoms with Crippen LogP contribution in [-0.2, 0) is 11.2 Å². The Kier molecular flexibility index (Phi) is 6.48. The average Bonchev–Trinajstić information content (AvgIpc) is 2.54. The van der Waals surface area contributed by atoms with Crippen molar-refractivity contribution in [2.45, 2.75) is 32.7 Å². The Labute approximate surface area is 142 Å². The van der Waals surface area contributed by atoms with Crippen LogP contribution in [0.4, 0.5) is 0 Å². The summed E-state index contributed by atoms with van der Waals surface area (Å²) in [6, 6.07) is 15.4. The van der Waals surface area contributed by atoms with Gasteiger partial charge in [-0.05, 0) is 50.1 Å². The van der Waals surface area contributed by atoms with Gasteiger partial charge in [0.15, 0.2) is 0 Å². The third-order valence-electron chi connectivity index (χ3n) is 3.48. The zero-order valence-electron chi connectivity index (χ0n) is 13.5. The van der Waals surface area contributed by atoms with Gasteiger partial charge in [-0.3, -0.25) is 4.79 Å². The topological polar surface area (TPSA) is 38.3 Å². The Bertz CT molecular complexity index is 623. The molecule has 0 bridgehead atoms. The first kappa shape index (κ1) is 17.4. The summed E-state index contributed by atoms with van der Waals surface area (Å²) in [7, 11) is 0. The number of halogens is 1. The minimum absolute atomic E-state index is 0.0277. The van der Waals surface area contributed by atoms with Crippen molar-refractivity contribution in [3.63, 3.8) is 0 Å². The normalized spacial score (nSPS) is 11.8. The van der Waals surface area contributed by atoms with Crippen LogP contribution >= 0.6 is 11.6 Å². The molecule has 2 rings (SSSR count). The maximum absolute atomic E-state index is 12.0. The number of hydrogen-bond acceptors (Lipinski definition) is 2. The summed E-state index contributed by atoms with van der Waals surface area (Å²) in [5.41, 5.74) is 2.30. The highest BCUT2D eigenvalue weighted by molar-refractivity contribution is 6.30. The van der Waals surface area contributed by atoms with Crippen LogP contribution in [0, 0.1) is 6.92 Å². The highest BCUT2D eigenvalue weighted by Crippen LogP contribution is 2.12. The lowest BCUT2D eigenvalue weighted by Gasteiger charge is -2.15. The van der Waals surface area contributed by atoms with E-state index in [-0.39, 0.29) is 11.9 Å². The lowest BCUT2D eigenvalue weighted by atomic mass is 10.1. The van der Waals surface area contributed by atoms with Crippen molar-refractivity contribution in [3.8, 4) is 5.75 Å². The van der Waals surface area contributed by atoms with E-state index in [0.29, 0.717) is 24.5 Å². The number of hydrogen-bond donors (Lipinski definition) is 1. The van der Waals surface area contributed by atoms with Crippen molar-refractivity contribution in [1.82, 2.24) is 5.32 Å². The van der Waals surface area contributed by atoms with Gasteiger partial charge in [0, 0.05) is 11.4 Å². The molecule has 0 aliphatic heterocycles. The van der Waals surface area contributed by atoms with Gasteiger partial charge in [0.05, 0.1) is 6.04 Å². The number of rotatable bonds is 7. The molecule has 2 aromatic carbocycles. The molecule has 4 heteroatoms. The highest BCUT2D eigenvalue weighted by Gasteiger charge is 2.08. The fraction of sp³-hybridized carbons (Fsp3) is 0.316. The summed E-state index contributed by atoms with van der Waals surface area (Å²) in [5, 5.41) is 3.66. The molecule has 122 valence electrons. The van der Waals surface area contributed by atoms with E-state index in [1.165, 1.54) is 5.56 Å². The molecule has 0 aliphatic carbocycles. The van der Waals surface area contributed by atoms with E-state index in [4.69, 9.17) is 16.3 Å². The summed E-state index contributed by atoms with van der Waals surface area (Å²) in [5.74, 6) is 0.845. The van der Waals surface area contributed by atoms with Crippen LogP contribution in [-0.4, -0.2) is 18.6 Å². The monoisotopic (exact) mass is 331 g/mol. The molecule has 0 heterocycles. The highest BCUT2D eigenvalue weighted by atomic mass is 35.5. The molecular formula is C19H22ClNO2. The van der Waals surface area contributed by atoms with Gasteiger partial charge < -0.3 is 10.1 Å². The van der Waals surface area contributed by atoms with Gasteiger partial charge >= 0.3 is 0 Å². The average molecular weight is 332 g/mol. The molecule has 1 atom stereocenters. The zero-order chi connectivity index (χ0) is 16.7. The maximum Gasteiger partial charge on any atom is 0.220 e. The van der Waals surface area contributed by atoms with Gasteiger partial charge in [0.25, 0.3) is 0 Å². The van der Waals surface area contributed by atoms with Crippen molar-refractivity contribution in [1.29, 1.82) is 0 Å². The Morgan fingerprint density at radius 1 is 1.13 bits per heavy atom. The molecule has 0 aliphatic rings. The fourth-order valence-corrected chi connectivity index (χ4v) is 2.28. The van der Waals surface area contributed by atoms with E-state index in [1.54, 1.807) is 0 Å². The second-order valence-corrected chi connectivity index (χ2v) is 6.16. The quantitative estimate of drug-likeness (QED) is 0.827. The van der Waals surface area contributed by atoms with Gasteiger partial charge in [-0.1, -0.05) is 41.4 Å². The van der Waals surface area contributed by atoms with Crippen molar-refractivity contribution in [3.05, 3.63) is 64.7 Å². The molecule has 3 nitrogen and oxygen atoms in total. The lowest BCUT2D eigenvalue weighted by Crippen LogP contribution is -2.36. The molecule has 0 saturated heterocycles. The molecule has 0 fully saturated rings. The maximum atomic E-state index is 12.0. The van der Waals surface area contributed by atoms with Crippen LogP contribution in [0.25, 0.3) is 0 Å². The Balaban J connectivity index is 1.69. The molecule has 0 spiro atoms. The predicted octanol–water partition coefficient (Wildman–Crippen LogP) is 4.16. The van der Waals surface area contributed by atoms with Crippen molar-refractivity contribution < 1.29 is 9.53 Å². The zero-order valence-corrected chi connectivity index (χ0v) is 14.3. The van der Waals surface area contributed by atoms with Gasteiger partial charge in [-0.15, -0.1) is 0 Å². The van der Waals surface area contributed by atoms with Crippen molar-refractivity contribution in [2.24, 2.45) is 0 Å². The minimum atomic E-state index is -0.0333. The van der Waals surface area contributed by atoms with E-state index < -0.39 is 0 Å². The summed E-state index contributed by atoms with van der Waals surface area (Å²) >= 11 is 5.84. The van der Waals surface area contributed by atoms with Crippen LogP contribution in [0.2, 0.25) is 5.02 Å². The molecule has 2 aromatic rings.